The van der Waals surface area contributed by atoms with E-state index in [1.54, 1.807) is 0 Å². The molecule has 0 bridgehead atoms. The van der Waals surface area contributed by atoms with Crippen molar-refractivity contribution in [2.24, 2.45) is 5.92 Å². The fourth-order valence-corrected chi connectivity index (χ4v) is 1.73. The summed E-state index contributed by atoms with van der Waals surface area (Å²) in [5, 5.41) is 0. The third kappa shape index (κ3) is 4.97. The highest BCUT2D eigenvalue weighted by atomic mass is 16.7. The Kier molecular flexibility index (Phi) is 5.66. The molecule has 1 saturated carbocycles. The topological polar surface area (TPSA) is 69.7 Å². The Balaban J connectivity index is 2.19. The predicted molar refractivity (Wildman–Crippen MR) is 59.6 cm³/mol. The summed E-state index contributed by atoms with van der Waals surface area (Å²) in [5.74, 6) is -0.0755. The number of ketones is 2. The molecule has 1 unspecified atom stereocenters. The van der Waals surface area contributed by atoms with Crippen LogP contribution in [0.2, 0.25) is 0 Å². The van der Waals surface area contributed by atoms with E-state index in [1.165, 1.54) is 0 Å². The smallest absolute Gasteiger partial charge is 0.434 e. The Hall–Kier alpha value is -1.39. The van der Waals surface area contributed by atoms with Gasteiger partial charge in [0.1, 0.15) is 11.6 Å². The molecule has 96 valence electrons. The first-order valence-electron chi connectivity index (χ1n) is 5.97. The fraction of sp³-hybridized carbons (Fsp3) is 0.750. The second kappa shape index (κ2) is 7.04. The van der Waals surface area contributed by atoms with Gasteiger partial charge in [0.05, 0.1) is 13.2 Å². The molecule has 0 radical (unpaired) electrons. The van der Waals surface area contributed by atoms with E-state index in [0.717, 1.165) is 6.42 Å². The number of carbonyl (C=O) groups excluding carboxylic acids is 3. The summed E-state index contributed by atoms with van der Waals surface area (Å²) in [4.78, 5) is 33.6. The Labute approximate surface area is 100 Å². The van der Waals surface area contributed by atoms with Crippen LogP contribution in [0.4, 0.5) is 4.79 Å². The predicted octanol–water partition coefficient (Wildman–Crippen LogP) is 1.88. The molecular weight excluding hydrogens is 224 g/mol. The van der Waals surface area contributed by atoms with Gasteiger partial charge in [0.15, 0.2) is 0 Å². The van der Waals surface area contributed by atoms with Gasteiger partial charge in [-0.2, -0.15) is 0 Å². The standard InChI is InChI=1S/C12H18O5/c1-2-6-16-12(15)17-7-5-9-8-10(13)3-4-11(9)14/h9H,2-8H2,1H3. The molecule has 1 aliphatic carbocycles. The summed E-state index contributed by atoms with van der Waals surface area (Å²) in [6.07, 6.45) is 1.41. The quantitative estimate of drug-likeness (QED) is 0.688. The largest absolute Gasteiger partial charge is 0.508 e. The second-order valence-corrected chi connectivity index (χ2v) is 4.14. The molecule has 0 aromatic rings. The van der Waals surface area contributed by atoms with Gasteiger partial charge in [-0.25, -0.2) is 4.79 Å². The molecule has 0 aliphatic heterocycles. The highest BCUT2D eigenvalue weighted by Gasteiger charge is 2.27. The van der Waals surface area contributed by atoms with E-state index in [2.05, 4.69) is 0 Å². The maximum Gasteiger partial charge on any atom is 0.508 e. The molecule has 5 heteroatoms. The van der Waals surface area contributed by atoms with E-state index in [1.807, 2.05) is 6.92 Å². The van der Waals surface area contributed by atoms with Crippen LogP contribution in [0.5, 0.6) is 0 Å². The third-order valence-electron chi connectivity index (χ3n) is 2.69. The van der Waals surface area contributed by atoms with Crippen LogP contribution >= 0.6 is 0 Å². The van der Waals surface area contributed by atoms with Crippen LogP contribution in [-0.4, -0.2) is 30.9 Å². The summed E-state index contributed by atoms with van der Waals surface area (Å²) in [6, 6.07) is 0. The molecule has 1 rings (SSSR count). The number of hydrogen-bond acceptors (Lipinski definition) is 5. The van der Waals surface area contributed by atoms with Crippen molar-refractivity contribution < 1.29 is 23.9 Å². The van der Waals surface area contributed by atoms with Crippen molar-refractivity contribution in [3.63, 3.8) is 0 Å². The first-order valence-corrected chi connectivity index (χ1v) is 5.97. The molecule has 0 aromatic heterocycles. The number of ether oxygens (including phenoxy) is 2. The van der Waals surface area contributed by atoms with Crippen molar-refractivity contribution in [2.45, 2.75) is 39.0 Å². The first-order chi connectivity index (χ1) is 8.13. The molecule has 1 aliphatic rings. The van der Waals surface area contributed by atoms with Gasteiger partial charge in [0.2, 0.25) is 0 Å². The lowest BCUT2D eigenvalue weighted by molar-refractivity contribution is -0.133. The molecule has 0 aromatic carbocycles. The van der Waals surface area contributed by atoms with Crippen LogP contribution in [0.1, 0.15) is 39.0 Å². The summed E-state index contributed by atoms with van der Waals surface area (Å²) >= 11 is 0. The third-order valence-corrected chi connectivity index (χ3v) is 2.69. The lowest BCUT2D eigenvalue weighted by Gasteiger charge is -2.19. The van der Waals surface area contributed by atoms with Crippen LogP contribution in [0.15, 0.2) is 0 Å². The monoisotopic (exact) mass is 242 g/mol. The zero-order valence-electron chi connectivity index (χ0n) is 10.1. The second-order valence-electron chi connectivity index (χ2n) is 4.14. The van der Waals surface area contributed by atoms with Crippen molar-refractivity contribution in [2.75, 3.05) is 13.2 Å². The average Bonchev–Trinajstić information content (AvgIpc) is 2.31. The van der Waals surface area contributed by atoms with E-state index in [-0.39, 0.29) is 30.5 Å². The summed E-state index contributed by atoms with van der Waals surface area (Å²) in [5.41, 5.74) is 0. The van der Waals surface area contributed by atoms with E-state index in [9.17, 15) is 14.4 Å². The SMILES string of the molecule is CCCOC(=O)OCCC1CC(=O)CCC1=O. The van der Waals surface area contributed by atoms with E-state index < -0.39 is 6.16 Å². The molecule has 5 nitrogen and oxygen atoms in total. The van der Waals surface area contributed by atoms with Crippen molar-refractivity contribution in [3.05, 3.63) is 0 Å². The molecule has 17 heavy (non-hydrogen) atoms. The summed E-state index contributed by atoms with van der Waals surface area (Å²) < 4.78 is 9.52. The highest BCUT2D eigenvalue weighted by Crippen LogP contribution is 2.20. The first kappa shape index (κ1) is 13.7. The van der Waals surface area contributed by atoms with Crippen molar-refractivity contribution >= 4 is 17.7 Å². The summed E-state index contributed by atoms with van der Waals surface area (Å²) in [6.45, 7) is 2.35. The minimum atomic E-state index is -0.707. The number of Topliss-reactive ketones (excluding diaryl/α,β-unsaturated/α-hetero) is 2. The molecule has 0 saturated heterocycles. The van der Waals surface area contributed by atoms with Crippen LogP contribution in [0.3, 0.4) is 0 Å². The van der Waals surface area contributed by atoms with Crippen LogP contribution in [0.25, 0.3) is 0 Å². The van der Waals surface area contributed by atoms with Gasteiger partial charge in [0, 0.05) is 25.2 Å². The lowest BCUT2D eigenvalue weighted by Crippen LogP contribution is -2.26. The fourth-order valence-electron chi connectivity index (χ4n) is 1.73. The number of hydrogen-bond donors (Lipinski definition) is 0. The molecular formula is C12H18O5. The maximum absolute atomic E-state index is 11.5. The molecule has 0 N–H and O–H groups in total. The normalized spacial score (nSPS) is 20.2. The van der Waals surface area contributed by atoms with E-state index in [0.29, 0.717) is 25.9 Å². The Morgan fingerprint density at radius 2 is 1.94 bits per heavy atom. The molecule has 0 amide bonds. The van der Waals surface area contributed by atoms with Gasteiger partial charge < -0.3 is 9.47 Å². The van der Waals surface area contributed by atoms with E-state index in [4.69, 9.17) is 9.47 Å². The molecule has 1 atom stereocenters. The zero-order chi connectivity index (χ0) is 12.7. The molecule has 0 heterocycles. The summed E-state index contributed by atoms with van der Waals surface area (Å²) in [7, 11) is 0. The van der Waals surface area contributed by atoms with Gasteiger partial charge in [-0.05, 0) is 12.8 Å². The van der Waals surface area contributed by atoms with E-state index >= 15 is 0 Å². The minimum absolute atomic E-state index is 0.0927. The Morgan fingerprint density at radius 3 is 2.65 bits per heavy atom. The van der Waals surface area contributed by atoms with Crippen LogP contribution in [-0.2, 0) is 19.1 Å². The van der Waals surface area contributed by atoms with Gasteiger partial charge in [-0.3, -0.25) is 9.59 Å². The number of carbonyl (C=O) groups is 3. The molecule has 1 fully saturated rings. The average molecular weight is 242 g/mol. The van der Waals surface area contributed by atoms with Crippen molar-refractivity contribution in [1.82, 2.24) is 0 Å². The number of rotatable bonds is 5. The van der Waals surface area contributed by atoms with Crippen LogP contribution < -0.4 is 0 Å². The Morgan fingerprint density at radius 1 is 1.24 bits per heavy atom. The van der Waals surface area contributed by atoms with Gasteiger partial charge >= 0.3 is 6.16 Å². The highest BCUT2D eigenvalue weighted by molar-refractivity contribution is 5.94. The van der Waals surface area contributed by atoms with Crippen molar-refractivity contribution in [3.8, 4) is 0 Å². The molecule has 0 spiro atoms. The van der Waals surface area contributed by atoms with Crippen LogP contribution in [0, 0.1) is 5.92 Å². The van der Waals surface area contributed by atoms with Crippen molar-refractivity contribution in [1.29, 1.82) is 0 Å². The van der Waals surface area contributed by atoms with Gasteiger partial charge in [-0.1, -0.05) is 6.92 Å². The van der Waals surface area contributed by atoms with Gasteiger partial charge in [-0.15, -0.1) is 0 Å². The van der Waals surface area contributed by atoms with Gasteiger partial charge in [0.25, 0.3) is 0 Å². The minimum Gasteiger partial charge on any atom is -0.434 e. The zero-order valence-corrected chi connectivity index (χ0v) is 10.1. The lowest BCUT2D eigenvalue weighted by atomic mass is 9.85. The Bertz CT molecular complexity index is 297. The maximum atomic E-state index is 11.5.